The summed E-state index contributed by atoms with van der Waals surface area (Å²) in [6.45, 7) is 0. The van der Waals surface area contributed by atoms with Gasteiger partial charge in [0.05, 0.1) is 0 Å². The minimum atomic E-state index is -4.24. The maximum Gasteiger partial charge on any atom is 0.430 e. The predicted octanol–water partition coefficient (Wildman–Crippen LogP) is 7.67. The second-order valence-corrected chi connectivity index (χ2v) is 10.4. The van der Waals surface area contributed by atoms with Crippen molar-refractivity contribution >= 4 is 14.5 Å². The molecular weight excluding hydrogens is 485 g/mol. The lowest BCUT2D eigenvalue weighted by Crippen LogP contribution is -2.29. The molecule has 2 aromatic carbocycles. The number of benzene rings is 2. The molecule has 4 unspecified atom stereocenters. The van der Waals surface area contributed by atoms with Gasteiger partial charge in [-0.15, -0.1) is 9.24 Å². The monoisotopic (exact) mass is 510 g/mol. The third kappa shape index (κ3) is 4.76. The van der Waals surface area contributed by atoms with E-state index in [0.717, 1.165) is 17.9 Å². The van der Waals surface area contributed by atoms with Crippen molar-refractivity contribution < 1.29 is 31.1 Å². The molecule has 8 heteroatoms. The number of halogens is 6. The zero-order valence-electron chi connectivity index (χ0n) is 18.8. The average Bonchev–Trinajstić information content (AvgIpc) is 3.39. The van der Waals surface area contributed by atoms with E-state index in [4.69, 9.17) is 0 Å². The predicted molar refractivity (Wildman–Crippen MR) is 125 cm³/mol. The molecule has 0 radical (unpaired) electrons. The number of ether oxygens (including phenoxy) is 1. The van der Waals surface area contributed by atoms with Gasteiger partial charge in [0.1, 0.15) is 17.1 Å². The van der Waals surface area contributed by atoms with E-state index in [9.17, 15) is 26.3 Å². The third-order valence-corrected chi connectivity index (χ3v) is 8.11. The molecule has 0 saturated heterocycles. The molecular formula is C27H25F6OP. The molecule has 2 aromatic rings. The van der Waals surface area contributed by atoms with Crippen molar-refractivity contribution in [1.82, 2.24) is 0 Å². The van der Waals surface area contributed by atoms with E-state index < -0.39 is 40.7 Å². The number of alkyl halides is 2. The van der Waals surface area contributed by atoms with E-state index in [2.05, 4.69) is 26.1 Å². The van der Waals surface area contributed by atoms with Crippen LogP contribution >= 0.6 is 9.24 Å². The molecule has 2 saturated carbocycles. The minimum Gasteiger partial charge on any atom is -0.429 e. The highest BCUT2D eigenvalue weighted by atomic mass is 31.0. The Morgan fingerprint density at radius 3 is 2.11 bits per heavy atom. The highest BCUT2D eigenvalue weighted by molar-refractivity contribution is 7.27. The molecule has 3 aliphatic rings. The second kappa shape index (κ2) is 9.31. The van der Waals surface area contributed by atoms with Crippen LogP contribution in [0.4, 0.5) is 26.3 Å². The molecule has 5 rings (SSSR count). The number of fused-ring (bicyclic) bond motifs is 1. The summed E-state index contributed by atoms with van der Waals surface area (Å²) < 4.78 is 88.8. The summed E-state index contributed by atoms with van der Waals surface area (Å²) in [6.07, 6.45) is 9.10. The second-order valence-electron chi connectivity index (χ2n) is 9.81. The summed E-state index contributed by atoms with van der Waals surface area (Å²) in [5, 5.41) is -0.139. The van der Waals surface area contributed by atoms with Crippen LogP contribution < -0.4 is 10.0 Å². The van der Waals surface area contributed by atoms with Gasteiger partial charge in [-0.2, -0.15) is 8.78 Å². The van der Waals surface area contributed by atoms with Crippen molar-refractivity contribution in [3.05, 3.63) is 82.5 Å². The maximum atomic E-state index is 14.9. The summed E-state index contributed by atoms with van der Waals surface area (Å²) >= 11 is 0. The Balaban J connectivity index is 1.32. The molecule has 0 N–H and O–H groups in total. The van der Waals surface area contributed by atoms with Crippen molar-refractivity contribution in [3.8, 4) is 5.75 Å². The van der Waals surface area contributed by atoms with Crippen LogP contribution in [-0.2, 0) is 6.11 Å². The molecule has 4 atom stereocenters. The van der Waals surface area contributed by atoms with Crippen LogP contribution in [-0.4, -0.2) is 0 Å². The number of allylic oxidation sites excluding steroid dienone is 4. The van der Waals surface area contributed by atoms with Crippen molar-refractivity contribution in [3.63, 3.8) is 0 Å². The number of hydrogen-bond acceptors (Lipinski definition) is 1. The minimum absolute atomic E-state index is 0.139. The van der Waals surface area contributed by atoms with Gasteiger partial charge in [-0.3, -0.25) is 0 Å². The molecule has 0 amide bonds. The Bertz CT molecular complexity index is 1150. The Labute approximate surface area is 202 Å². The van der Waals surface area contributed by atoms with E-state index in [1.807, 2.05) is 6.08 Å². The van der Waals surface area contributed by atoms with Crippen LogP contribution in [0.15, 0.2) is 48.1 Å². The number of rotatable bonds is 5. The molecule has 0 bridgehead atoms. The van der Waals surface area contributed by atoms with Crippen molar-refractivity contribution in [2.45, 2.75) is 50.6 Å². The maximum absolute atomic E-state index is 14.9. The fourth-order valence-electron chi connectivity index (χ4n) is 5.98. The first kappa shape index (κ1) is 24.4. The summed E-state index contributed by atoms with van der Waals surface area (Å²) in [7, 11) is 2.07. The van der Waals surface area contributed by atoms with Crippen LogP contribution in [0.2, 0.25) is 0 Å². The summed E-state index contributed by atoms with van der Waals surface area (Å²) in [6, 6.07) is 3.06. The van der Waals surface area contributed by atoms with E-state index in [1.54, 1.807) is 0 Å². The molecule has 2 fully saturated rings. The average molecular weight is 510 g/mol. The molecule has 1 nitrogen and oxygen atoms in total. The first-order chi connectivity index (χ1) is 16.6. The molecule has 0 aliphatic heterocycles. The Morgan fingerprint density at radius 1 is 0.886 bits per heavy atom. The SMILES string of the molecule is Fc1cc(OC(F)(F)c2c(F)cc(C3C=CC(C4CC5CCCC5C4)=CC3)cc2P)cc(F)c1F. The fraction of sp³-hybridized carbons (Fsp3) is 0.407. The smallest absolute Gasteiger partial charge is 0.429 e. The molecule has 3 aliphatic carbocycles. The number of hydrogen-bond donors (Lipinski definition) is 0. The highest BCUT2D eigenvalue weighted by Gasteiger charge is 2.41. The van der Waals surface area contributed by atoms with Gasteiger partial charge >= 0.3 is 6.11 Å². The quantitative estimate of drug-likeness (QED) is 0.228. The first-order valence-electron chi connectivity index (χ1n) is 11.8. The zero-order chi connectivity index (χ0) is 24.9. The summed E-state index contributed by atoms with van der Waals surface area (Å²) in [5.41, 5.74) is 0.795. The summed E-state index contributed by atoms with van der Waals surface area (Å²) in [5.74, 6) is -5.26. The van der Waals surface area contributed by atoms with Gasteiger partial charge in [0.2, 0.25) is 0 Å². The lowest BCUT2D eigenvalue weighted by Gasteiger charge is -2.24. The van der Waals surface area contributed by atoms with Crippen LogP contribution in [0.5, 0.6) is 5.75 Å². The van der Waals surface area contributed by atoms with Gasteiger partial charge in [0, 0.05) is 18.1 Å². The largest absolute Gasteiger partial charge is 0.430 e. The topological polar surface area (TPSA) is 9.23 Å². The van der Waals surface area contributed by atoms with Gasteiger partial charge in [0.25, 0.3) is 0 Å². The van der Waals surface area contributed by atoms with Crippen LogP contribution in [0.1, 0.15) is 55.6 Å². The Hall–Kier alpha value is -2.27. The molecule has 35 heavy (non-hydrogen) atoms. The van der Waals surface area contributed by atoms with Gasteiger partial charge in [0.15, 0.2) is 17.5 Å². The molecule has 0 aromatic heterocycles. The van der Waals surface area contributed by atoms with E-state index in [0.29, 0.717) is 17.9 Å². The standard InChI is InChI=1S/C27H25F6OP/c28-21-10-19(15-6-4-14(5-7-15)18-8-16-2-1-3-17(16)9-18)11-24(35)25(21)27(32,33)34-20-12-22(29)26(31)23(30)13-20/h4-6,10-13,15-18H,1-3,7-9,35H2. The Kier molecular flexibility index (Phi) is 6.50. The summed E-state index contributed by atoms with van der Waals surface area (Å²) in [4.78, 5) is 0. The van der Waals surface area contributed by atoms with Crippen LogP contribution in [0.3, 0.4) is 0 Å². The highest BCUT2D eigenvalue weighted by Crippen LogP contribution is 2.50. The van der Waals surface area contributed by atoms with Crippen LogP contribution in [0, 0.1) is 41.0 Å². The lowest BCUT2D eigenvalue weighted by atomic mass is 9.84. The van der Waals surface area contributed by atoms with E-state index in [-0.39, 0.29) is 23.4 Å². The zero-order valence-corrected chi connectivity index (χ0v) is 20.0. The molecule has 0 heterocycles. The molecule has 186 valence electrons. The first-order valence-corrected chi connectivity index (χ1v) is 12.4. The van der Waals surface area contributed by atoms with E-state index in [1.165, 1.54) is 43.7 Å². The van der Waals surface area contributed by atoms with Crippen LogP contribution in [0.25, 0.3) is 0 Å². The fourth-order valence-corrected chi connectivity index (χ4v) is 6.48. The molecule has 0 spiro atoms. The van der Waals surface area contributed by atoms with Gasteiger partial charge in [-0.1, -0.05) is 43.6 Å². The Morgan fingerprint density at radius 2 is 1.54 bits per heavy atom. The normalized spacial score (nSPS) is 26.1. The third-order valence-electron chi connectivity index (χ3n) is 7.66. The van der Waals surface area contributed by atoms with Gasteiger partial charge < -0.3 is 4.74 Å². The lowest BCUT2D eigenvalue weighted by molar-refractivity contribution is -0.186. The van der Waals surface area contributed by atoms with Crippen molar-refractivity contribution in [2.75, 3.05) is 0 Å². The van der Waals surface area contributed by atoms with Gasteiger partial charge in [-0.05, 0) is 59.5 Å². The van der Waals surface area contributed by atoms with Gasteiger partial charge in [-0.25, -0.2) is 17.6 Å². The van der Waals surface area contributed by atoms with Crippen molar-refractivity contribution in [2.24, 2.45) is 17.8 Å². The van der Waals surface area contributed by atoms with E-state index >= 15 is 0 Å². The van der Waals surface area contributed by atoms with Crippen molar-refractivity contribution in [1.29, 1.82) is 0 Å².